The van der Waals surface area contributed by atoms with Crippen LogP contribution >= 0.6 is 0 Å². The van der Waals surface area contributed by atoms with E-state index in [0.717, 1.165) is 36.6 Å². The van der Waals surface area contributed by atoms with Gasteiger partial charge in [-0.2, -0.15) is 0 Å². The van der Waals surface area contributed by atoms with Crippen molar-refractivity contribution in [2.45, 2.75) is 25.9 Å². The molecule has 4 heteroatoms. The van der Waals surface area contributed by atoms with Crippen LogP contribution in [-0.4, -0.2) is 26.4 Å². The Balaban J connectivity index is 1.94. The first-order valence-corrected chi connectivity index (χ1v) is 6.68. The van der Waals surface area contributed by atoms with E-state index in [0.29, 0.717) is 6.61 Å². The van der Waals surface area contributed by atoms with Crippen molar-refractivity contribution in [3.8, 4) is 11.5 Å². The van der Waals surface area contributed by atoms with Crippen molar-refractivity contribution in [3.05, 3.63) is 30.5 Å². The van der Waals surface area contributed by atoms with Gasteiger partial charge in [-0.25, -0.2) is 0 Å². The lowest BCUT2D eigenvalue weighted by Crippen LogP contribution is -2.22. The van der Waals surface area contributed by atoms with Crippen LogP contribution in [0.3, 0.4) is 0 Å². The minimum atomic E-state index is 0.238. The fourth-order valence-corrected chi connectivity index (χ4v) is 2.02. The molecule has 2 rings (SSSR count). The number of benzene rings is 1. The van der Waals surface area contributed by atoms with Crippen molar-refractivity contribution in [2.75, 3.05) is 25.6 Å². The number of ether oxygens (including phenoxy) is 3. The summed E-state index contributed by atoms with van der Waals surface area (Å²) in [4.78, 5) is 0. The molecule has 19 heavy (non-hydrogen) atoms. The summed E-state index contributed by atoms with van der Waals surface area (Å²) in [7, 11) is 1.65. The van der Waals surface area contributed by atoms with Gasteiger partial charge in [-0.05, 0) is 38.0 Å². The molecule has 0 aromatic heterocycles. The van der Waals surface area contributed by atoms with E-state index in [9.17, 15) is 0 Å². The van der Waals surface area contributed by atoms with E-state index in [1.807, 2.05) is 25.1 Å². The van der Waals surface area contributed by atoms with Crippen LogP contribution in [0.15, 0.2) is 30.5 Å². The molecule has 1 atom stereocenters. The molecule has 104 valence electrons. The second kappa shape index (κ2) is 6.92. The molecule has 1 unspecified atom stereocenters. The summed E-state index contributed by atoms with van der Waals surface area (Å²) in [6.45, 7) is 3.38. The third kappa shape index (κ3) is 3.81. The second-order valence-corrected chi connectivity index (χ2v) is 4.39. The predicted molar refractivity (Wildman–Crippen MR) is 75.9 cm³/mol. The van der Waals surface area contributed by atoms with Crippen molar-refractivity contribution >= 4 is 5.69 Å². The van der Waals surface area contributed by atoms with Gasteiger partial charge in [-0.1, -0.05) is 0 Å². The van der Waals surface area contributed by atoms with Crippen molar-refractivity contribution in [1.29, 1.82) is 0 Å². The van der Waals surface area contributed by atoms with Crippen LogP contribution in [0.5, 0.6) is 11.5 Å². The lowest BCUT2D eigenvalue weighted by molar-refractivity contribution is 0.135. The quantitative estimate of drug-likeness (QED) is 0.855. The third-order valence-electron chi connectivity index (χ3n) is 3.02. The van der Waals surface area contributed by atoms with E-state index >= 15 is 0 Å². The number of hydrogen-bond acceptors (Lipinski definition) is 4. The first kappa shape index (κ1) is 13.6. The Morgan fingerprint density at radius 3 is 2.95 bits per heavy atom. The highest BCUT2D eigenvalue weighted by Gasteiger charge is 2.11. The van der Waals surface area contributed by atoms with Gasteiger partial charge in [-0.3, -0.25) is 0 Å². The zero-order valence-corrected chi connectivity index (χ0v) is 11.5. The molecule has 0 aliphatic carbocycles. The van der Waals surface area contributed by atoms with E-state index in [-0.39, 0.29) is 6.10 Å². The van der Waals surface area contributed by atoms with E-state index in [2.05, 4.69) is 11.4 Å². The van der Waals surface area contributed by atoms with Gasteiger partial charge in [0.1, 0.15) is 6.10 Å². The van der Waals surface area contributed by atoms with Gasteiger partial charge in [0.25, 0.3) is 0 Å². The molecule has 1 aliphatic heterocycles. The molecule has 0 fully saturated rings. The lowest BCUT2D eigenvalue weighted by atomic mass is 10.1. The van der Waals surface area contributed by atoms with Crippen LogP contribution in [0.25, 0.3) is 0 Å². The number of nitrogens with one attached hydrogen (secondary N) is 1. The Morgan fingerprint density at radius 1 is 1.37 bits per heavy atom. The summed E-state index contributed by atoms with van der Waals surface area (Å²) in [5.41, 5.74) is 1.01. The van der Waals surface area contributed by atoms with E-state index in [1.165, 1.54) is 0 Å². The Hall–Kier alpha value is -1.84. The monoisotopic (exact) mass is 263 g/mol. The Kier molecular flexibility index (Phi) is 4.95. The molecular formula is C15H21NO3. The van der Waals surface area contributed by atoms with Gasteiger partial charge in [0.05, 0.1) is 26.5 Å². The summed E-state index contributed by atoms with van der Waals surface area (Å²) < 4.78 is 16.3. The standard InChI is InChI=1S/C15H21NO3/c1-3-18-14-8-7-12(10-15(14)17-2)16-11-13-6-4-5-9-19-13/h5,7-10,13,16H,3-4,6,11H2,1-2H3. The van der Waals surface area contributed by atoms with Gasteiger partial charge in [-0.15, -0.1) is 0 Å². The van der Waals surface area contributed by atoms with Crippen LogP contribution in [0, 0.1) is 0 Å². The summed E-state index contributed by atoms with van der Waals surface area (Å²) in [5, 5.41) is 3.36. The molecule has 4 nitrogen and oxygen atoms in total. The van der Waals surface area contributed by atoms with Crippen LogP contribution in [0.2, 0.25) is 0 Å². The molecule has 0 amide bonds. The van der Waals surface area contributed by atoms with Crippen LogP contribution < -0.4 is 14.8 Å². The minimum Gasteiger partial charge on any atom is -0.497 e. The molecule has 0 bridgehead atoms. The van der Waals surface area contributed by atoms with Gasteiger partial charge in [0.2, 0.25) is 0 Å². The van der Waals surface area contributed by atoms with Gasteiger partial charge >= 0.3 is 0 Å². The number of allylic oxidation sites excluding steroid dienone is 1. The Labute approximate surface area is 114 Å². The first-order valence-electron chi connectivity index (χ1n) is 6.68. The molecule has 1 heterocycles. The average Bonchev–Trinajstić information content (AvgIpc) is 2.47. The normalized spacial score (nSPS) is 17.7. The van der Waals surface area contributed by atoms with Crippen molar-refractivity contribution < 1.29 is 14.2 Å². The smallest absolute Gasteiger partial charge is 0.162 e. The van der Waals surface area contributed by atoms with E-state index in [4.69, 9.17) is 14.2 Å². The fraction of sp³-hybridized carbons (Fsp3) is 0.467. The first-order chi connectivity index (χ1) is 9.33. The zero-order chi connectivity index (χ0) is 13.5. The molecule has 1 aliphatic rings. The molecule has 1 aromatic rings. The van der Waals surface area contributed by atoms with Crippen molar-refractivity contribution in [1.82, 2.24) is 0 Å². The second-order valence-electron chi connectivity index (χ2n) is 4.39. The molecule has 0 saturated carbocycles. The van der Waals surface area contributed by atoms with Crippen LogP contribution in [-0.2, 0) is 4.74 Å². The minimum absolute atomic E-state index is 0.238. The molecular weight excluding hydrogens is 242 g/mol. The Bertz CT molecular complexity index is 431. The molecule has 0 radical (unpaired) electrons. The maximum absolute atomic E-state index is 5.52. The van der Waals surface area contributed by atoms with E-state index in [1.54, 1.807) is 13.4 Å². The summed E-state index contributed by atoms with van der Waals surface area (Å²) in [5.74, 6) is 1.52. The average molecular weight is 263 g/mol. The summed E-state index contributed by atoms with van der Waals surface area (Å²) >= 11 is 0. The molecule has 0 saturated heterocycles. The molecule has 1 N–H and O–H groups in total. The van der Waals surface area contributed by atoms with Gasteiger partial charge in [0.15, 0.2) is 11.5 Å². The third-order valence-corrected chi connectivity index (χ3v) is 3.02. The highest BCUT2D eigenvalue weighted by Crippen LogP contribution is 2.30. The largest absolute Gasteiger partial charge is 0.497 e. The van der Waals surface area contributed by atoms with Crippen molar-refractivity contribution in [3.63, 3.8) is 0 Å². The molecule has 0 spiro atoms. The van der Waals surface area contributed by atoms with Crippen LogP contribution in [0.1, 0.15) is 19.8 Å². The zero-order valence-electron chi connectivity index (χ0n) is 11.5. The Morgan fingerprint density at radius 2 is 2.26 bits per heavy atom. The predicted octanol–water partition coefficient (Wildman–Crippen LogP) is 3.20. The number of rotatable bonds is 6. The van der Waals surface area contributed by atoms with Gasteiger partial charge in [0, 0.05) is 11.8 Å². The summed E-state index contributed by atoms with van der Waals surface area (Å²) in [6, 6.07) is 5.86. The van der Waals surface area contributed by atoms with Crippen molar-refractivity contribution in [2.24, 2.45) is 0 Å². The van der Waals surface area contributed by atoms with Crippen LogP contribution in [0.4, 0.5) is 5.69 Å². The SMILES string of the molecule is CCOc1ccc(NCC2CCC=CO2)cc1OC. The van der Waals surface area contributed by atoms with E-state index < -0.39 is 0 Å². The maximum Gasteiger partial charge on any atom is 0.162 e. The highest BCUT2D eigenvalue weighted by molar-refractivity contribution is 5.54. The number of hydrogen-bond donors (Lipinski definition) is 1. The fourth-order valence-electron chi connectivity index (χ4n) is 2.02. The summed E-state index contributed by atoms with van der Waals surface area (Å²) in [6.07, 6.45) is 6.21. The van der Waals surface area contributed by atoms with Gasteiger partial charge < -0.3 is 19.5 Å². The number of methoxy groups -OCH3 is 1. The maximum atomic E-state index is 5.52. The number of anilines is 1. The molecule has 1 aromatic carbocycles. The topological polar surface area (TPSA) is 39.7 Å². The lowest BCUT2D eigenvalue weighted by Gasteiger charge is -2.20. The highest BCUT2D eigenvalue weighted by atomic mass is 16.5.